The Morgan fingerprint density at radius 2 is 0.619 bits per heavy atom. The highest BCUT2D eigenvalue weighted by molar-refractivity contribution is 9.11. The van der Waals surface area contributed by atoms with Crippen LogP contribution >= 0.6 is 47.8 Å². The number of halogens is 3. The summed E-state index contributed by atoms with van der Waals surface area (Å²) in [4.78, 5) is 24.4. The van der Waals surface area contributed by atoms with Crippen LogP contribution in [-0.2, 0) is 0 Å². The molecule has 63 heavy (non-hydrogen) atoms. The Labute approximate surface area is 390 Å². The van der Waals surface area contributed by atoms with E-state index in [1.54, 1.807) is 42.5 Å². The molecule has 5 heteroatoms. The van der Waals surface area contributed by atoms with E-state index in [-0.39, 0.29) is 11.6 Å². The summed E-state index contributed by atoms with van der Waals surface area (Å²) in [5, 5.41) is 12.7. The van der Waals surface area contributed by atoms with E-state index in [1.165, 1.54) is 76.1 Å². The Kier molecular flexibility index (Phi) is 11.2. The summed E-state index contributed by atoms with van der Waals surface area (Å²) in [6, 6.07) is 73.1. The molecule has 0 aromatic heterocycles. The fourth-order valence-corrected chi connectivity index (χ4v) is 9.80. The van der Waals surface area contributed by atoms with Gasteiger partial charge in [0.05, 0.1) is 0 Å². The maximum absolute atomic E-state index is 12.2. The number of rotatable bonds is 2. The first kappa shape index (κ1) is 40.6. The lowest BCUT2D eigenvalue weighted by Gasteiger charge is -2.18. The molecule has 0 saturated carbocycles. The molecule has 0 bridgehead atoms. The largest absolute Gasteiger partial charge is 0.289 e. The van der Waals surface area contributed by atoms with Crippen LogP contribution in [0.1, 0.15) is 31.8 Å². The highest BCUT2D eigenvalue weighted by atomic mass is 79.9. The number of hydrogen-bond acceptors (Lipinski definition) is 2. The molecule has 0 saturated heterocycles. The van der Waals surface area contributed by atoms with Crippen LogP contribution in [0.3, 0.4) is 0 Å². The zero-order valence-corrected chi connectivity index (χ0v) is 38.4. The molecule has 0 unspecified atom stereocenters. The van der Waals surface area contributed by atoms with Gasteiger partial charge in [-0.15, -0.1) is 0 Å². The van der Waals surface area contributed by atoms with Crippen molar-refractivity contribution in [2.75, 3.05) is 0 Å². The van der Waals surface area contributed by atoms with Crippen molar-refractivity contribution in [2.45, 2.75) is 0 Å². The zero-order valence-electron chi connectivity index (χ0n) is 33.7. The third kappa shape index (κ3) is 7.93. The van der Waals surface area contributed by atoms with E-state index < -0.39 is 0 Å². The van der Waals surface area contributed by atoms with E-state index >= 15 is 0 Å². The first-order valence-corrected chi connectivity index (χ1v) is 22.9. The fourth-order valence-electron chi connectivity index (χ4n) is 8.69. The second-order valence-corrected chi connectivity index (χ2v) is 18.2. The van der Waals surface area contributed by atoms with Gasteiger partial charge in [-0.2, -0.15) is 0 Å². The molecule has 0 spiro atoms. The molecule has 0 fully saturated rings. The van der Waals surface area contributed by atoms with Gasteiger partial charge in [0.1, 0.15) is 0 Å². The third-order valence-corrected chi connectivity index (χ3v) is 13.1. The summed E-state index contributed by atoms with van der Waals surface area (Å²) >= 11 is 10.5. The lowest BCUT2D eigenvalue weighted by Crippen LogP contribution is -2.20. The molecule has 11 aromatic rings. The predicted octanol–water partition coefficient (Wildman–Crippen LogP) is 17.2. The molecule has 0 aliphatic heterocycles. The smallest absolute Gasteiger partial charge is 0.194 e. The van der Waals surface area contributed by atoms with Gasteiger partial charge in [0.25, 0.3) is 0 Å². The van der Waals surface area contributed by atoms with E-state index in [0.29, 0.717) is 22.3 Å². The standard InChI is InChI=1S/C34H21Br.C14H7BrO2.C10H7Br/c35-28-17-18-31-32(21-28)34(27-16-14-23-8-2-4-10-25(23)20-27)30-12-6-5-11-29(30)33(31)26-15-13-22-7-1-3-9-24(22)19-26;15-8-5-6-11-12(7-8)14(17)10-4-2-1-3-9(10)13(11)16;11-10-6-5-8-3-1-2-4-9(8)7-10/h1-21H;1-7H;1-7H. The Bertz CT molecular complexity index is 3610. The summed E-state index contributed by atoms with van der Waals surface area (Å²) < 4.78 is 3.03. The number of hydrogen-bond donors (Lipinski definition) is 0. The Balaban J connectivity index is 0.000000138. The molecule has 2 nitrogen and oxygen atoms in total. The molecule has 0 atom stereocenters. The first-order valence-electron chi connectivity index (χ1n) is 20.6. The fraction of sp³-hybridized carbons (Fsp3) is 0. The van der Waals surface area contributed by atoms with Crippen LogP contribution in [0.15, 0.2) is 226 Å². The molecular weight excluding hydrogens is 968 g/mol. The van der Waals surface area contributed by atoms with Gasteiger partial charge in [-0.1, -0.05) is 206 Å². The van der Waals surface area contributed by atoms with Gasteiger partial charge in [-0.3, -0.25) is 9.59 Å². The monoisotopic (exact) mass is 1000 g/mol. The van der Waals surface area contributed by atoms with E-state index in [2.05, 4.69) is 218 Å². The molecule has 12 rings (SSSR count). The Morgan fingerprint density at radius 1 is 0.254 bits per heavy atom. The first-order chi connectivity index (χ1) is 30.8. The van der Waals surface area contributed by atoms with Gasteiger partial charge in [-0.25, -0.2) is 0 Å². The SMILES string of the molecule is Brc1ccc2c(-c3ccc4ccccc4c3)c3ccccc3c(-c3ccc4ccccc4c3)c2c1.Brc1ccc2ccccc2c1.O=C1c2ccccc2C(=O)c2cc(Br)ccc21. The maximum Gasteiger partial charge on any atom is 0.194 e. The second-order valence-electron chi connectivity index (χ2n) is 15.5. The van der Waals surface area contributed by atoms with Crippen LogP contribution in [0.2, 0.25) is 0 Å². The van der Waals surface area contributed by atoms with Crippen molar-refractivity contribution in [2.24, 2.45) is 0 Å². The van der Waals surface area contributed by atoms with Gasteiger partial charge < -0.3 is 0 Å². The lowest BCUT2D eigenvalue weighted by atomic mass is 9.84. The normalized spacial score (nSPS) is 11.8. The van der Waals surface area contributed by atoms with Crippen molar-refractivity contribution in [1.82, 2.24) is 0 Å². The van der Waals surface area contributed by atoms with Gasteiger partial charge in [0.2, 0.25) is 0 Å². The Morgan fingerprint density at radius 3 is 1.19 bits per heavy atom. The van der Waals surface area contributed by atoms with Crippen molar-refractivity contribution in [3.05, 3.63) is 248 Å². The van der Waals surface area contributed by atoms with Crippen molar-refractivity contribution >= 4 is 113 Å². The average Bonchev–Trinajstić information content (AvgIpc) is 3.32. The van der Waals surface area contributed by atoms with Gasteiger partial charge in [0, 0.05) is 35.7 Å². The second kappa shape index (κ2) is 17.3. The summed E-state index contributed by atoms with van der Waals surface area (Å²) in [7, 11) is 0. The third-order valence-electron chi connectivity index (χ3n) is 11.7. The number of ketones is 2. The van der Waals surface area contributed by atoms with Crippen LogP contribution < -0.4 is 0 Å². The molecule has 1 aliphatic carbocycles. The van der Waals surface area contributed by atoms with Crippen molar-refractivity contribution in [3.63, 3.8) is 0 Å². The van der Waals surface area contributed by atoms with Crippen LogP contribution in [0.4, 0.5) is 0 Å². The molecule has 300 valence electrons. The summed E-state index contributed by atoms with van der Waals surface area (Å²) in [5.41, 5.74) is 7.01. The maximum atomic E-state index is 12.2. The average molecular weight is 1000 g/mol. The summed E-state index contributed by atoms with van der Waals surface area (Å²) in [5.74, 6) is -0.167. The number of carbonyl (C=O) groups is 2. The number of benzene rings is 11. The minimum absolute atomic E-state index is 0.0808. The quantitative estimate of drug-likeness (QED) is 0.162. The van der Waals surface area contributed by atoms with Crippen LogP contribution in [0.5, 0.6) is 0 Å². The molecule has 1 aliphatic rings. The minimum Gasteiger partial charge on any atom is -0.289 e. The number of fused-ring (bicyclic) bond motifs is 7. The highest BCUT2D eigenvalue weighted by Crippen LogP contribution is 2.45. The highest BCUT2D eigenvalue weighted by Gasteiger charge is 2.29. The van der Waals surface area contributed by atoms with E-state index in [1.807, 2.05) is 0 Å². The lowest BCUT2D eigenvalue weighted by molar-refractivity contribution is 0.0979. The summed E-state index contributed by atoms with van der Waals surface area (Å²) in [6.45, 7) is 0. The van der Waals surface area contributed by atoms with Gasteiger partial charge in [-0.05, 0) is 131 Å². The zero-order chi connectivity index (χ0) is 43.0. The summed E-state index contributed by atoms with van der Waals surface area (Å²) in [6.07, 6.45) is 0. The van der Waals surface area contributed by atoms with E-state index in [0.717, 1.165) is 13.4 Å². The van der Waals surface area contributed by atoms with Crippen molar-refractivity contribution in [1.29, 1.82) is 0 Å². The van der Waals surface area contributed by atoms with Crippen LogP contribution in [-0.4, -0.2) is 11.6 Å². The van der Waals surface area contributed by atoms with Crippen molar-refractivity contribution in [3.8, 4) is 22.3 Å². The van der Waals surface area contributed by atoms with Crippen LogP contribution in [0, 0.1) is 0 Å². The van der Waals surface area contributed by atoms with Gasteiger partial charge in [0.15, 0.2) is 11.6 Å². The Hall–Kier alpha value is -6.50. The van der Waals surface area contributed by atoms with E-state index in [4.69, 9.17) is 0 Å². The molecule has 0 N–H and O–H groups in total. The van der Waals surface area contributed by atoms with Crippen LogP contribution in [0.25, 0.3) is 76.1 Å². The molecule has 0 heterocycles. The topological polar surface area (TPSA) is 34.1 Å². The van der Waals surface area contributed by atoms with Gasteiger partial charge >= 0.3 is 0 Å². The van der Waals surface area contributed by atoms with E-state index in [9.17, 15) is 9.59 Å². The molecular formula is C58H35Br3O2. The molecule has 0 amide bonds. The number of carbonyl (C=O) groups excluding carboxylic acids is 2. The predicted molar refractivity (Wildman–Crippen MR) is 274 cm³/mol. The minimum atomic E-state index is -0.0866. The molecule has 0 radical (unpaired) electrons. The molecule has 11 aromatic carbocycles. The van der Waals surface area contributed by atoms with Crippen molar-refractivity contribution < 1.29 is 9.59 Å².